The zero-order valence-electron chi connectivity index (χ0n) is 14.3. The van der Waals surface area contributed by atoms with Crippen molar-refractivity contribution in [3.05, 3.63) is 36.7 Å². The quantitative estimate of drug-likeness (QED) is 0.697. The number of nitrogens with zero attached hydrogens (tertiary/aromatic N) is 5. The lowest BCUT2D eigenvalue weighted by atomic mass is 9.95. The fourth-order valence-corrected chi connectivity index (χ4v) is 3.85. The van der Waals surface area contributed by atoms with E-state index >= 15 is 0 Å². The van der Waals surface area contributed by atoms with Crippen LogP contribution in [0.3, 0.4) is 0 Å². The van der Waals surface area contributed by atoms with Crippen LogP contribution in [-0.2, 0) is 4.79 Å². The first-order chi connectivity index (χ1) is 12.8. The number of nitrogens with one attached hydrogen (secondary N) is 1. The Hall–Kier alpha value is -2.48. The van der Waals surface area contributed by atoms with Crippen molar-refractivity contribution < 1.29 is 4.79 Å². The first kappa shape index (κ1) is 17.0. The topological polar surface area (TPSA) is 85.1 Å². The minimum absolute atomic E-state index is 0.0712. The fourth-order valence-electron chi connectivity index (χ4n) is 3.19. The number of carbonyl (C=O) groups excluding carboxylic acids is 1. The average molecular weight is 368 g/mol. The Morgan fingerprint density at radius 1 is 1.12 bits per heavy atom. The Bertz CT molecular complexity index is 891. The van der Waals surface area contributed by atoms with Gasteiger partial charge in [-0.1, -0.05) is 31.0 Å². The maximum Gasteiger partial charge on any atom is 0.230 e. The SMILES string of the molecule is O=C(CSc1ccc2nnc(-c3ccncc3)n2n1)NC1CCCCC1. The van der Waals surface area contributed by atoms with Gasteiger partial charge in [0.1, 0.15) is 5.03 Å². The lowest BCUT2D eigenvalue weighted by Crippen LogP contribution is -2.37. The Labute approximate surface area is 155 Å². The highest BCUT2D eigenvalue weighted by Crippen LogP contribution is 2.21. The van der Waals surface area contributed by atoms with Gasteiger partial charge in [0, 0.05) is 24.0 Å². The Balaban J connectivity index is 1.44. The van der Waals surface area contributed by atoms with Crippen molar-refractivity contribution in [2.45, 2.75) is 43.2 Å². The Morgan fingerprint density at radius 3 is 2.73 bits per heavy atom. The highest BCUT2D eigenvalue weighted by molar-refractivity contribution is 7.99. The van der Waals surface area contributed by atoms with E-state index in [0.717, 1.165) is 23.4 Å². The van der Waals surface area contributed by atoms with Crippen LogP contribution in [0.4, 0.5) is 0 Å². The van der Waals surface area contributed by atoms with Gasteiger partial charge in [0.05, 0.1) is 5.75 Å². The van der Waals surface area contributed by atoms with Crippen molar-refractivity contribution in [2.75, 3.05) is 5.75 Å². The third-order valence-corrected chi connectivity index (χ3v) is 5.42. The number of carbonyl (C=O) groups is 1. The maximum atomic E-state index is 12.2. The lowest BCUT2D eigenvalue weighted by molar-refractivity contribution is -0.119. The largest absolute Gasteiger partial charge is 0.353 e. The molecule has 0 bridgehead atoms. The van der Waals surface area contributed by atoms with Gasteiger partial charge in [-0.2, -0.15) is 9.61 Å². The molecule has 134 valence electrons. The molecule has 8 heteroatoms. The summed E-state index contributed by atoms with van der Waals surface area (Å²) in [5.74, 6) is 1.10. The zero-order valence-corrected chi connectivity index (χ0v) is 15.2. The van der Waals surface area contributed by atoms with E-state index in [1.807, 2.05) is 24.3 Å². The minimum atomic E-state index is 0.0712. The van der Waals surface area contributed by atoms with E-state index in [1.165, 1.54) is 31.0 Å². The van der Waals surface area contributed by atoms with Gasteiger partial charge in [-0.25, -0.2) is 0 Å². The Kier molecular flexibility index (Phi) is 5.10. The van der Waals surface area contributed by atoms with Crippen molar-refractivity contribution in [1.29, 1.82) is 0 Å². The average Bonchev–Trinajstić information content (AvgIpc) is 3.11. The summed E-state index contributed by atoms with van der Waals surface area (Å²) < 4.78 is 1.71. The predicted octanol–water partition coefficient (Wildman–Crippen LogP) is 2.73. The molecule has 0 unspecified atom stereocenters. The van der Waals surface area contributed by atoms with Gasteiger partial charge in [0.15, 0.2) is 11.5 Å². The van der Waals surface area contributed by atoms with E-state index in [1.54, 1.807) is 16.9 Å². The normalized spacial score (nSPS) is 15.2. The van der Waals surface area contributed by atoms with Crippen LogP contribution in [0.25, 0.3) is 17.0 Å². The summed E-state index contributed by atoms with van der Waals surface area (Å²) >= 11 is 1.43. The van der Waals surface area contributed by atoms with Crippen molar-refractivity contribution in [2.24, 2.45) is 0 Å². The maximum absolute atomic E-state index is 12.2. The molecule has 0 radical (unpaired) electrons. The molecule has 1 aliphatic rings. The molecule has 3 aromatic heterocycles. The number of amides is 1. The van der Waals surface area contributed by atoms with Gasteiger partial charge in [-0.15, -0.1) is 10.2 Å². The summed E-state index contributed by atoms with van der Waals surface area (Å²) in [5, 5.41) is 16.9. The van der Waals surface area contributed by atoms with Crippen molar-refractivity contribution in [1.82, 2.24) is 30.1 Å². The highest BCUT2D eigenvalue weighted by Gasteiger charge is 2.16. The van der Waals surface area contributed by atoms with Crippen LogP contribution in [-0.4, -0.2) is 42.5 Å². The van der Waals surface area contributed by atoms with Gasteiger partial charge in [0.2, 0.25) is 5.91 Å². The second kappa shape index (κ2) is 7.82. The summed E-state index contributed by atoms with van der Waals surface area (Å²) in [7, 11) is 0. The second-order valence-corrected chi connectivity index (χ2v) is 7.39. The smallest absolute Gasteiger partial charge is 0.230 e. The number of hydrogen-bond donors (Lipinski definition) is 1. The molecule has 0 aliphatic heterocycles. The molecule has 1 saturated carbocycles. The zero-order chi connectivity index (χ0) is 17.8. The molecule has 3 heterocycles. The van der Waals surface area contributed by atoms with Crippen molar-refractivity contribution in [3.8, 4) is 11.4 Å². The minimum Gasteiger partial charge on any atom is -0.353 e. The van der Waals surface area contributed by atoms with Crippen LogP contribution in [0.15, 0.2) is 41.7 Å². The van der Waals surface area contributed by atoms with Crippen molar-refractivity contribution in [3.63, 3.8) is 0 Å². The van der Waals surface area contributed by atoms with Gasteiger partial charge < -0.3 is 5.32 Å². The Morgan fingerprint density at radius 2 is 1.92 bits per heavy atom. The van der Waals surface area contributed by atoms with Crippen molar-refractivity contribution >= 4 is 23.3 Å². The van der Waals surface area contributed by atoms with Crippen LogP contribution in [0.5, 0.6) is 0 Å². The van der Waals surface area contributed by atoms with E-state index in [9.17, 15) is 4.79 Å². The third kappa shape index (κ3) is 3.85. The van der Waals surface area contributed by atoms with Gasteiger partial charge in [-0.05, 0) is 37.1 Å². The molecule has 26 heavy (non-hydrogen) atoms. The summed E-state index contributed by atoms with van der Waals surface area (Å²) in [4.78, 5) is 16.2. The van der Waals surface area contributed by atoms with E-state index in [4.69, 9.17) is 0 Å². The number of hydrogen-bond acceptors (Lipinski definition) is 6. The molecule has 1 amide bonds. The van der Waals surface area contributed by atoms with Crippen LogP contribution in [0, 0.1) is 0 Å². The van der Waals surface area contributed by atoms with E-state index in [0.29, 0.717) is 23.3 Å². The highest BCUT2D eigenvalue weighted by atomic mass is 32.2. The standard InChI is InChI=1S/C18H20N6OS/c25-16(20-14-4-2-1-3-5-14)12-26-17-7-6-15-21-22-18(24(15)23-17)13-8-10-19-11-9-13/h6-11,14H,1-5,12H2,(H,20,25). The monoisotopic (exact) mass is 368 g/mol. The molecule has 0 saturated heterocycles. The van der Waals surface area contributed by atoms with Crippen LogP contribution >= 0.6 is 11.8 Å². The molecule has 1 N–H and O–H groups in total. The molecule has 4 rings (SSSR count). The fraction of sp³-hybridized carbons (Fsp3) is 0.389. The summed E-state index contributed by atoms with van der Waals surface area (Å²) in [6, 6.07) is 7.82. The van der Waals surface area contributed by atoms with Gasteiger partial charge in [0.25, 0.3) is 0 Å². The third-order valence-electron chi connectivity index (χ3n) is 4.50. The summed E-state index contributed by atoms with van der Waals surface area (Å²) in [6.45, 7) is 0. The molecular formula is C18H20N6OS. The lowest BCUT2D eigenvalue weighted by Gasteiger charge is -2.22. The molecule has 1 aliphatic carbocycles. The number of rotatable bonds is 5. The molecule has 3 aromatic rings. The molecular weight excluding hydrogens is 348 g/mol. The van der Waals surface area contributed by atoms with Gasteiger partial charge >= 0.3 is 0 Å². The number of thioether (sulfide) groups is 1. The number of aromatic nitrogens is 5. The van der Waals surface area contributed by atoms with E-state index < -0.39 is 0 Å². The molecule has 0 spiro atoms. The van der Waals surface area contributed by atoms with E-state index in [-0.39, 0.29) is 5.91 Å². The second-order valence-electron chi connectivity index (χ2n) is 6.39. The number of fused-ring (bicyclic) bond motifs is 1. The molecule has 1 fully saturated rings. The van der Waals surface area contributed by atoms with E-state index in [2.05, 4.69) is 25.6 Å². The number of pyridine rings is 1. The first-order valence-corrected chi connectivity index (χ1v) is 9.83. The molecule has 7 nitrogen and oxygen atoms in total. The van der Waals surface area contributed by atoms with Crippen LogP contribution in [0.2, 0.25) is 0 Å². The summed E-state index contributed by atoms with van der Waals surface area (Å²) in [6.07, 6.45) is 9.32. The summed E-state index contributed by atoms with van der Waals surface area (Å²) in [5.41, 5.74) is 1.57. The first-order valence-electron chi connectivity index (χ1n) is 8.84. The van der Waals surface area contributed by atoms with Crippen LogP contribution in [0.1, 0.15) is 32.1 Å². The predicted molar refractivity (Wildman–Crippen MR) is 99.8 cm³/mol. The molecule has 0 aromatic carbocycles. The van der Waals surface area contributed by atoms with Crippen LogP contribution < -0.4 is 5.32 Å². The molecule has 0 atom stereocenters. The van der Waals surface area contributed by atoms with Gasteiger partial charge in [-0.3, -0.25) is 9.78 Å².